The monoisotopic (exact) mass is 406 g/mol. The van der Waals surface area contributed by atoms with Crippen molar-refractivity contribution in [3.63, 3.8) is 0 Å². The van der Waals surface area contributed by atoms with Crippen molar-refractivity contribution in [1.82, 2.24) is 14.8 Å². The summed E-state index contributed by atoms with van der Waals surface area (Å²) in [5.41, 5.74) is 1.71. The van der Waals surface area contributed by atoms with Crippen LogP contribution >= 0.6 is 34.7 Å². The Morgan fingerprint density at radius 3 is 2.92 bits per heavy atom. The van der Waals surface area contributed by atoms with Crippen molar-refractivity contribution in [2.24, 2.45) is 0 Å². The molecule has 0 spiro atoms. The molecule has 1 aromatic carbocycles. The number of aryl methyl sites for hydroxylation is 1. The summed E-state index contributed by atoms with van der Waals surface area (Å²) in [5.74, 6) is 1.03. The summed E-state index contributed by atoms with van der Waals surface area (Å²) in [5, 5.41) is 14.9. The molecular formula is C18H19ClN4OS2. The number of amides is 1. The van der Waals surface area contributed by atoms with Crippen LogP contribution in [0.25, 0.3) is 10.7 Å². The quantitative estimate of drug-likeness (QED) is 0.554. The van der Waals surface area contributed by atoms with E-state index < -0.39 is 0 Å². The van der Waals surface area contributed by atoms with Gasteiger partial charge in [0.05, 0.1) is 10.6 Å². The fraction of sp³-hybridized carbons (Fsp3) is 0.278. The molecule has 0 saturated heterocycles. The first kappa shape index (κ1) is 18.9. The van der Waals surface area contributed by atoms with Crippen LogP contribution in [-0.4, -0.2) is 26.4 Å². The second-order valence-electron chi connectivity index (χ2n) is 5.73. The molecule has 2 aromatic heterocycles. The number of nitrogens with zero attached hydrogens (tertiary/aromatic N) is 3. The number of rotatable bonds is 7. The lowest BCUT2D eigenvalue weighted by Crippen LogP contribution is -2.15. The van der Waals surface area contributed by atoms with E-state index in [1.807, 2.05) is 30.5 Å². The van der Waals surface area contributed by atoms with E-state index in [9.17, 15) is 4.79 Å². The Balaban J connectivity index is 1.69. The summed E-state index contributed by atoms with van der Waals surface area (Å²) in [6, 6.07) is 9.48. The number of nitrogens with one attached hydrogen (secondary N) is 1. The van der Waals surface area contributed by atoms with Crippen LogP contribution < -0.4 is 5.32 Å². The largest absolute Gasteiger partial charge is 0.325 e. The molecule has 0 aliphatic carbocycles. The minimum Gasteiger partial charge on any atom is -0.325 e. The minimum atomic E-state index is -0.0934. The van der Waals surface area contributed by atoms with Gasteiger partial charge in [-0.25, -0.2) is 0 Å². The number of carbonyl (C=O) groups excluding carboxylic acids is 1. The second-order valence-corrected chi connectivity index (χ2v) is 8.06. The zero-order valence-corrected chi connectivity index (χ0v) is 16.9. The van der Waals surface area contributed by atoms with Crippen LogP contribution in [0.1, 0.15) is 18.9 Å². The molecule has 0 fully saturated rings. The van der Waals surface area contributed by atoms with Gasteiger partial charge >= 0.3 is 0 Å². The van der Waals surface area contributed by atoms with Gasteiger partial charge in [0, 0.05) is 17.3 Å². The van der Waals surface area contributed by atoms with Crippen molar-refractivity contribution >= 4 is 46.3 Å². The summed E-state index contributed by atoms with van der Waals surface area (Å²) in [6.45, 7) is 4.86. The van der Waals surface area contributed by atoms with E-state index >= 15 is 0 Å². The van der Waals surface area contributed by atoms with Crippen LogP contribution in [0, 0.1) is 6.92 Å². The van der Waals surface area contributed by atoms with Gasteiger partial charge in [0.2, 0.25) is 5.91 Å². The van der Waals surface area contributed by atoms with Crippen LogP contribution in [0.5, 0.6) is 0 Å². The molecule has 0 unspecified atom stereocenters. The number of carbonyl (C=O) groups is 1. The van der Waals surface area contributed by atoms with Crippen molar-refractivity contribution in [2.75, 3.05) is 11.1 Å². The molecule has 0 aliphatic rings. The highest BCUT2D eigenvalue weighted by Gasteiger charge is 2.16. The van der Waals surface area contributed by atoms with E-state index in [1.54, 1.807) is 23.5 Å². The average Bonchev–Trinajstić information content (AvgIpc) is 3.26. The minimum absolute atomic E-state index is 0.0934. The van der Waals surface area contributed by atoms with Crippen molar-refractivity contribution < 1.29 is 4.79 Å². The molecule has 5 nitrogen and oxygen atoms in total. The lowest BCUT2D eigenvalue weighted by molar-refractivity contribution is -0.113. The number of aromatic nitrogens is 3. The van der Waals surface area contributed by atoms with Gasteiger partial charge < -0.3 is 9.88 Å². The van der Waals surface area contributed by atoms with E-state index in [4.69, 9.17) is 11.6 Å². The Kier molecular flexibility index (Phi) is 6.34. The highest BCUT2D eigenvalue weighted by Crippen LogP contribution is 2.28. The third-order valence-corrected chi connectivity index (χ3v) is 5.78. The maximum atomic E-state index is 12.3. The molecule has 0 radical (unpaired) electrons. The Hall–Kier alpha value is -1.83. The van der Waals surface area contributed by atoms with Crippen LogP contribution in [-0.2, 0) is 11.3 Å². The highest BCUT2D eigenvalue weighted by atomic mass is 35.5. The van der Waals surface area contributed by atoms with Crippen LogP contribution in [0.2, 0.25) is 5.02 Å². The Morgan fingerprint density at radius 1 is 1.35 bits per heavy atom. The molecule has 26 heavy (non-hydrogen) atoms. The zero-order chi connectivity index (χ0) is 18.5. The Bertz CT molecular complexity index is 893. The molecule has 3 aromatic rings. The summed E-state index contributed by atoms with van der Waals surface area (Å²) < 4.78 is 2.08. The zero-order valence-electron chi connectivity index (χ0n) is 14.5. The van der Waals surface area contributed by atoms with Crippen molar-refractivity contribution in [3.8, 4) is 10.7 Å². The maximum Gasteiger partial charge on any atom is 0.234 e. The van der Waals surface area contributed by atoms with Crippen molar-refractivity contribution in [3.05, 3.63) is 46.3 Å². The van der Waals surface area contributed by atoms with E-state index in [0.29, 0.717) is 5.02 Å². The summed E-state index contributed by atoms with van der Waals surface area (Å²) in [4.78, 5) is 13.4. The number of hydrogen-bond acceptors (Lipinski definition) is 5. The summed E-state index contributed by atoms with van der Waals surface area (Å²) >= 11 is 9.03. The first-order chi connectivity index (χ1) is 12.6. The normalized spacial score (nSPS) is 10.9. The first-order valence-corrected chi connectivity index (χ1v) is 10.5. The molecule has 0 bridgehead atoms. The van der Waals surface area contributed by atoms with Crippen molar-refractivity contribution in [2.45, 2.75) is 32.0 Å². The molecular weight excluding hydrogens is 388 g/mol. The number of hydrogen-bond donors (Lipinski definition) is 1. The highest BCUT2D eigenvalue weighted by molar-refractivity contribution is 7.99. The fourth-order valence-corrected chi connectivity index (χ4v) is 4.11. The first-order valence-electron chi connectivity index (χ1n) is 8.24. The van der Waals surface area contributed by atoms with Gasteiger partial charge in [-0.1, -0.05) is 42.4 Å². The van der Waals surface area contributed by atoms with E-state index in [2.05, 4.69) is 27.0 Å². The smallest absolute Gasteiger partial charge is 0.234 e. The topological polar surface area (TPSA) is 59.8 Å². The number of halogens is 1. The summed E-state index contributed by atoms with van der Waals surface area (Å²) in [6.07, 6.45) is 0.970. The SMILES string of the molecule is CCCn1c(SCC(=O)Nc2cc(Cl)ccc2C)nnc1-c1cccs1. The second kappa shape index (κ2) is 8.70. The summed E-state index contributed by atoms with van der Waals surface area (Å²) in [7, 11) is 0. The number of thiophene rings is 1. The third kappa shape index (κ3) is 4.47. The van der Waals surface area contributed by atoms with Gasteiger partial charge in [-0.3, -0.25) is 4.79 Å². The fourth-order valence-electron chi connectivity index (χ4n) is 2.45. The lowest BCUT2D eigenvalue weighted by atomic mass is 10.2. The average molecular weight is 407 g/mol. The molecule has 1 amide bonds. The molecule has 1 N–H and O–H groups in total. The van der Waals surface area contributed by atoms with Gasteiger partial charge in [0.25, 0.3) is 0 Å². The number of benzene rings is 1. The molecule has 3 rings (SSSR count). The predicted octanol–water partition coefficient (Wildman–Crippen LogP) is 5.11. The number of anilines is 1. The van der Waals surface area contributed by atoms with Gasteiger partial charge in [-0.2, -0.15) is 0 Å². The van der Waals surface area contributed by atoms with E-state index in [-0.39, 0.29) is 11.7 Å². The van der Waals surface area contributed by atoms with Crippen LogP contribution in [0.3, 0.4) is 0 Å². The van der Waals surface area contributed by atoms with Crippen LogP contribution in [0.15, 0.2) is 40.9 Å². The van der Waals surface area contributed by atoms with E-state index in [1.165, 1.54) is 11.8 Å². The standard InChI is InChI=1S/C18H19ClN4OS2/c1-3-8-23-17(15-5-4-9-25-15)21-22-18(23)26-11-16(24)20-14-10-13(19)7-6-12(14)2/h4-7,9-10H,3,8,11H2,1-2H3,(H,20,24). The van der Waals surface area contributed by atoms with Crippen LogP contribution in [0.4, 0.5) is 5.69 Å². The van der Waals surface area contributed by atoms with Gasteiger partial charge in [0.1, 0.15) is 0 Å². The van der Waals surface area contributed by atoms with Crippen molar-refractivity contribution in [1.29, 1.82) is 0 Å². The molecule has 136 valence electrons. The molecule has 0 saturated carbocycles. The molecule has 0 aliphatic heterocycles. The molecule has 2 heterocycles. The van der Waals surface area contributed by atoms with Gasteiger partial charge in [-0.15, -0.1) is 21.5 Å². The maximum absolute atomic E-state index is 12.3. The van der Waals surface area contributed by atoms with E-state index in [0.717, 1.165) is 40.1 Å². The predicted molar refractivity (Wildman–Crippen MR) is 109 cm³/mol. The third-order valence-electron chi connectivity index (χ3n) is 3.71. The van der Waals surface area contributed by atoms with Gasteiger partial charge in [0.15, 0.2) is 11.0 Å². The molecule has 0 atom stereocenters. The Labute approximate surface area is 165 Å². The number of thioether (sulfide) groups is 1. The van der Waals surface area contributed by atoms with Gasteiger partial charge in [-0.05, 0) is 42.5 Å². The Morgan fingerprint density at radius 2 is 2.19 bits per heavy atom. The molecule has 8 heteroatoms. The lowest BCUT2D eigenvalue weighted by Gasteiger charge is -2.10.